The van der Waals surface area contributed by atoms with Crippen molar-refractivity contribution >= 4 is 5.78 Å². The fraction of sp³-hybridized carbons (Fsp3) is 0.857. The second-order valence-corrected chi connectivity index (χ2v) is 2.24. The quantitative estimate of drug-likeness (QED) is 0.545. The van der Waals surface area contributed by atoms with Gasteiger partial charge in [0.15, 0.2) is 0 Å². The van der Waals surface area contributed by atoms with E-state index in [-0.39, 0.29) is 18.3 Å². The van der Waals surface area contributed by atoms with Crippen molar-refractivity contribution < 1.29 is 15.0 Å². The second-order valence-electron chi connectivity index (χ2n) is 2.24. The number of carbonyl (C=O) groups excluding carboxylic acids is 1. The SMILES string of the molecule is CO.O=C1CCCC1CO. The first kappa shape index (κ1) is 9.59. The smallest absolute Gasteiger partial charge is 0.138 e. The molecule has 60 valence electrons. The molecule has 1 fully saturated rings. The Morgan fingerprint density at radius 2 is 2.20 bits per heavy atom. The second kappa shape index (κ2) is 5.38. The monoisotopic (exact) mass is 146 g/mol. The van der Waals surface area contributed by atoms with Gasteiger partial charge in [-0.3, -0.25) is 4.79 Å². The van der Waals surface area contributed by atoms with Gasteiger partial charge in [0.25, 0.3) is 0 Å². The van der Waals surface area contributed by atoms with Crippen LogP contribution in [0.25, 0.3) is 0 Å². The molecule has 0 aliphatic heterocycles. The van der Waals surface area contributed by atoms with Crippen LogP contribution in [-0.4, -0.2) is 29.7 Å². The third kappa shape index (κ3) is 2.45. The molecule has 0 aromatic heterocycles. The van der Waals surface area contributed by atoms with E-state index in [1.165, 1.54) is 0 Å². The van der Waals surface area contributed by atoms with E-state index in [9.17, 15) is 4.79 Å². The summed E-state index contributed by atoms with van der Waals surface area (Å²) in [6.07, 6.45) is 2.56. The van der Waals surface area contributed by atoms with Crippen molar-refractivity contribution in [2.45, 2.75) is 19.3 Å². The Kier molecular flexibility index (Phi) is 5.16. The van der Waals surface area contributed by atoms with E-state index in [2.05, 4.69) is 0 Å². The molecule has 1 saturated carbocycles. The number of hydrogen-bond acceptors (Lipinski definition) is 3. The van der Waals surface area contributed by atoms with E-state index < -0.39 is 0 Å². The van der Waals surface area contributed by atoms with Gasteiger partial charge in [0, 0.05) is 19.4 Å². The summed E-state index contributed by atoms with van der Waals surface area (Å²) in [6.45, 7) is 0.0544. The molecule has 3 heteroatoms. The minimum absolute atomic E-state index is 0.0185. The maximum Gasteiger partial charge on any atom is 0.138 e. The predicted octanol–water partition coefficient (Wildman–Crippen LogP) is -0.0436. The van der Waals surface area contributed by atoms with Gasteiger partial charge >= 0.3 is 0 Å². The molecular weight excluding hydrogens is 132 g/mol. The number of rotatable bonds is 1. The van der Waals surface area contributed by atoms with Crippen molar-refractivity contribution in [3.05, 3.63) is 0 Å². The van der Waals surface area contributed by atoms with Gasteiger partial charge in [-0.15, -0.1) is 0 Å². The Balaban J connectivity index is 0.000000371. The fourth-order valence-corrected chi connectivity index (χ4v) is 1.08. The molecule has 0 heterocycles. The highest BCUT2D eigenvalue weighted by Crippen LogP contribution is 2.19. The Hall–Kier alpha value is -0.410. The molecule has 1 unspecified atom stereocenters. The van der Waals surface area contributed by atoms with Crippen molar-refractivity contribution in [2.24, 2.45) is 5.92 Å². The molecule has 0 bridgehead atoms. The van der Waals surface area contributed by atoms with Crippen LogP contribution in [0.3, 0.4) is 0 Å². The van der Waals surface area contributed by atoms with Crippen LogP contribution in [-0.2, 0) is 4.79 Å². The van der Waals surface area contributed by atoms with E-state index in [4.69, 9.17) is 10.2 Å². The van der Waals surface area contributed by atoms with Gasteiger partial charge in [-0.1, -0.05) is 0 Å². The third-order valence-corrected chi connectivity index (χ3v) is 1.65. The van der Waals surface area contributed by atoms with Gasteiger partial charge in [0.05, 0.1) is 6.61 Å². The maximum absolute atomic E-state index is 10.6. The van der Waals surface area contributed by atoms with Crippen molar-refractivity contribution in [1.82, 2.24) is 0 Å². The summed E-state index contributed by atoms with van der Waals surface area (Å²) in [5.41, 5.74) is 0. The number of aliphatic hydroxyl groups excluding tert-OH is 2. The highest BCUT2D eigenvalue weighted by Gasteiger charge is 2.22. The van der Waals surface area contributed by atoms with Gasteiger partial charge < -0.3 is 10.2 Å². The van der Waals surface area contributed by atoms with Crippen molar-refractivity contribution in [3.63, 3.8) is 0 Å². The molecule has 0 spiro atoms. The molecule has 0 saturated heterocycles. The van der Waals surface area contributed by atoms with Crippen LogP contribution >= 0.6 is 0 Å². The summed E-state index contributed by atoms with van der Waals surface area (Å²) in [6, 6.07) is 0. The molecule has 1 atom stereocenters. The molecule has 10 heavy (non-hydrogen) atoms. The van der Waals surface area contributed by atoms with Crippen molar-refractivity contribution in [2.75, 3.05) is 13.7 Å². The van der Waals surface area contributed by atoms with Gasteiger partial charge in [-0.2, -0.15) is 0 Å². The van der Waals surface area contributed by atoms with E-state index in [0.717, 1.165) is 20.0 Å². The summed E-state index contributed by atoms with van der Waals surface area (Å²) in [5, 5.41) is 15.5. The standard InChI is InChI=1S/C6H10O2.CH4O/c7-4-5-2-1-3-6(5)8;1-2/h5,7H,1-4H2;2H,1H3. The van der Waals surface area contributed by atoms with Crippen LogP contribution in [0.2, 0.25) is 0 Å². The molecule has 1 aliphatic rings. The molecular formula is C7H14O3. The predicted molar refractivity (Wildman–Crippen MR) is 37.6 cm³/mol. The summed E-state index contributed by atoms with van der Waals surface area (Å²) < 4.78 is 0. The summed E-state index contributed by atoms with van der Waals surface area (Å²) in [5.74, 6) is 0.225. The van der Waals surface area contributed by atoms with Crippen LogP contribution in [0.4, 0.5) is 0 Å². The number of ketones is 1. The summed E-state index contributed by atoms with van der Waals surface area (Å²) >= 11 is 0. The molecule has 0 aromatic carbocycles. The molecule has 0 radical (unpaired) electrons. The van der Waals surface area contributed by atoms with Gasteiger partial charge in [0.2, 0.25) is 0 Å². The lowest BCUT2D eigenvalue weighted by molar-refractivity contribution is -0.121. The van der Waals surface area contributed by atoms with E-state index >= 15 is 0 Å². The van der Waals surface area contributed by atoms with Gasteiger partial charge in [0.1, 0.15) is 5.78 Å². The van der Waals surface area contributed by atoms with Gasteiger partial charge in [-0.05, 0) is 12.8 Å². The molecule has 2 N–H and O–H groups in total. The summed E-state index contributed by atoms with van der Waals surface area (Å²) in [4.78, 5) is 10.6. The lowest BCUT2D eigenvalue weighted by Crippen LogP contribution is -2.09. The van der Waals surface area contributed by atoms with Crippen molar-refractivity contribution in [1.29, 1.82) is 0 Å². The van der Waals surface area contributed by atoms with Crippen LogP contribution < -0.4 is 0 Å². The first-order chi connectivity index (χ1) is 4.84. The molecule has 0 aromatic rings. The third-order valence-electron chi connectivity index (χ3n) is 1.65. The lowest BCUT2D eigenvalue weighted by Gasteiger charge is -1.98. The van der Waals surface area contributed by atoms with Crippen LogP contribution in [0.15, 0.2) is 0 Å². The normalized spacial score (nSPS) is 23.9. The molecule has 1 rings (SSSR count). The van der Waals surface area contributed by atoms with E-state index in [1.54, 1.807) is 0 Å². The maximum atomic E-state index is 10.6. The van der Waals surface area contributed by atoms with Gasteiger partial charge in [-0.25, -0.2) is 0 Å². The number of Topliss-reactive ketones (excluding diaryl/α,β-unsaturated/α-hetero) is 1. The largest absolute Gasteiger partial charge is 0.400 e. The first-order valence-corrected chi connectivity index (χ1v) is 3.43. The zero-order chi connectivity index (χ0) is 7.98. The van der Waals surface area contributed by atoms with Crippen LogP contribution in [0.1, 0.15) is 19.3 Å². The zero-order valence-corrected chi connectivity index (χ0v) is 6.21. The lowest BCUT2D eigenvalue weighted by atomic mass is 10.1. The van der Waals surface area contributed by atoms with Crippen molar-refractivity contribution in [3.8, 4) is 0 Å². The Morgan fingerprint density at radius 3 is 2.40 bits per heavy atom. The minimum Gasteiger partial charge on any atom is -0.400 e. The van der Waals surface area contributed by atoms with Crippen LogP contribution in [0.5, 0.6) is 0 Å². The highest BCUT2D eigenvalue weighted by atomic mass is 16.3. The fourth-order valence-electron chi connectivity index (χ4n) is 1.08. The minimum atomic E-state index is -0.0185. The topological polar surface area (TPSA) is 57.5 Å². The van der Waals surface area contributed by atoms with Crippen LogP contribution in [0, 0.1) is 5.92 Å². The summed E-state index contributed by atoms with van der Waals surface area (Å²) in [7, 11) is 1.00. The van der Waals surface area contributed by atoms with E-state index in [1.807, 2.05) is 0 Å². The number of carbonyl (C=O) groups is 1. The number of aliphatic hydroxyl groups is 2. The number of hydrogen-bond donors (Lipinski definition) is 2. The average Bonchev–Trinajstić information content (AvgIpc) is 2.39. The first-order valence-electron chi connectivity index (χ1n) is 3.43. The Morgan fingerprint density at radius 1 is 1.60 bits per heavy atom. The molecule has 1 aliphatic carbocycles. The van der Waals surface area contributed by atoms with E-state index in [0.29, 0.717) is 6.42 Å². The Bertz CT molecular complexity index is 101. The molecule has 3 nitrogen and oxygen atoms in total. The Labute approximate surface area is 60.7 Å². The highest BCUT2D eigenvalue weighted by molar-refractivity contribution is 5.82. The average molecular weight is 146 g/mol. The molecule has 0 amide bonds. The zero-order valence-electron chi connectivity index (χ0n) is 6.21.